The predicted molar refractivity (Wildman–Crippen MR) is 486 cm³/mol. The molecule has 1 heterocycles. The van der Waals surface area contributed by atoms with Crippen LogP contribution in [0.5, 0.6) is 0 Å². The van der Waals surface area contributed by atoms with Crippen molar-refractivity contribution in [3.05, 3.63) is 0 Å². The van der Waals surface area contributed by atoms with E-state index in [-0.39, 0.29) is 69.7 Å². The second-order valence-electron chi connectivity index (χ2n) is 39.1. The molecule has 1 aliphatic rings. The number of amides is 22. The number of primary amides is 3. The summed E-state index contributed by atoms with van der Waals surface area (Å²) in [6.45, 7) is 35.6. The third-order valence-electron chi connectivity index (χ3n) is 22.2. The van der Waals surface area contributed by atoms with Crippen molar-refractivity contribution in [1.82, 2.24) is 101 Å². The van der Waals surface area contributed by atoms with Crippen LogP contribution in [0.1, 0.15) is 257 Å². The van der Waals surface area contributed by atoms with Crippen LogP contribution in [0.3, 0.4) is 0 Å². The molecular weight excluding hydrogens is 1740 g/mol. The fraction of sp³-hybridized carbons (Fsp3) is 0.747. The Bertz CT molecular complexity index is 4200. The van der Waals surface area contributed by atoms with Crippen LogP contribution in [0.15, 0.2) is 0 Å². The summed E-state index contributed by atoms with van der Waals surface area (Å²) in [4.78, 5) is 300. The smallest absolute Gasteiger partial charge is 0.248 e. The Hall–Kier alpha value is -11.7. The van der Waals surface area contributed by atoms with Crippen LogP contribution < -0.4 is 113 Å². The van der Waals surface area contributed by atoms with Crippen molar-refractivity contribution in [3.63, 3.8) is 0 Å². The quantitative estimate of drug-likeness (QED) is 0.0271. The molecule has 13 unspecified atom stereocenters. The van der Waals surface area contributed by atoms with Gasteiger partial charge in [0.2, 0.25) is 130 Å². The van der Waals surface area contributed by atoms with Gasteiger partial charge < -0.3 is 128 Å². The molecule has 0 aliphatic carbocycles. The first-order chi connectivity index (χ1) is 60.9. The number of aliphatic hydroxyl groups is 2. The van der Waals surface area contributed by atoms with Gasteiger partial charge in [0.1, 0.15) is 99.2 Å². The lowest BCUT2D eigenvalue weighted by atomic mass is 9.94. The number of carbonyl (C=O) groups is 22. The largest absolute Gasteiger partial charge is 0.394 e. The summed E-state index contributed by atoms with van der Waals surface area (Å²) in [5, 5.41) is 66.1. The van der Waals surface area contributed by atoms with Crippen molar-refractivity contribution in [2.45, 2.75) is 362 Å². The van der Waals surface area contributed by atoms with Crippen molar-refractivity contribution in [2.75, 3.05) is 26.3 Å². The molecule has 0 saturated carbocycles. The van der Waals surface area contributed by atoms with E-state index in [2.05, 4.69) is 95.7 Å². The van der Waals surface area contributed by atoms with Crippen molar-refractivity contribution in [3.8, 4) is 0 Å². The van der Waals surface area contributed by atoms with E-state index in [1.807, 2.05) is 13.8 Å². The van der Waals surface area contributed by atoms with E-state index in [9.17, 15) is 116 Å². The molecule has 13 atom stereocenters. The highest BCUT2D eigenvalue weighted by molar-refractivity contribution is 6.04. The summed E-state index contributed by atoms with van der Waals surface area (Å²) >= 11 is 0. The highest BCUT2D eigenvalue weighted by atomic mass is 16.3. The summed E-state index contributed by atoms with van der Waals surface area (Å²) in [6.07, 6.45) is -1.12. The number of nitrogens with two attached hydrogens (primary N) is 3. The molecule has 133 heavy (non-hydrogen) atoms. The predicted octanol–water partition coefficient (Wildman–Crippen LogP) is -5.13. The molecule has 26 N–H and O–H groups in total. The fourth-order valence-corrected chi connectivity index (χ4v) is 13.5. The van der Waals surface area contributed by atoms with Crippen molar-refractivity contribution in [2.24, 2.45) is 46.8 Å². The van der Waals surface area contributed by atoms with Crippen molar-refractivity contribution < 1.29 is 116 Å². The van der Waals surface area contributed by atoms with E-state index >= 15 is 0 Å². The third-order valence-corrected chi connectivity index (χ3v) is 22.2. The second kappa shape index (κ2) is 52.1. The number of aliphatic hydroxyl groups excluding tert-OH is 2. The average Bonchev–Trinajstić information content (AvgIpc) is 1.53. The lowest BCUT2D eigenvalue weighted by molar-refractivity contribution is -0.146. The van der Waals surface area contributed by atoms with Gasteiger partial charge in [0, 0.05) is 32.7 Å². The van der Waals surface area contributed by atoms with Gasteiger partial charge >= 0.3 is 0 Å². The number of hydrogen-bond donors (Lipinski definition) is 23. The van der Waals surface area contributed by atoms with Crippen LogP contribution >= 0.6 is 0 Å². The number of carbonyl (C=O) groups excluding carboxylic acids is 22. The lowest BCUT2D eigenvalue weighted by Crippen LogP contribution is -2.67. The minimum atomic E-state index is -1.96. The number of likely N-dealkylation sites (tertiary alicyclic amines) is 1. The molecule has 754 valence electrons. The zero-order valence-corrected chi connectivity index (χ0v) is 82.1. The molecule has 22 amide bonds. The number of rotatable bonds is 56. The monoisotopic (exact) mass is 1890 g/mol. The highest BCUT2D eigenvalue weighted by Crippen LogP contribution is 2.25. The van der Waals surface area contributed by atoms with Gasteiger partial charge in [0.05, 0.1) is 25.8 Å². The van der Waals surface area contributed by atoms with Gasteiger partial charge in [-0.2, -0.15) is 0 Å². The van der Waals surface area contributed by atoms with Crippen LogP contribution in [0.25, 0.3) is 0 Å². The second-order valence-corrected chi connectivity index (χ2v) is 39.1. The van der Waals surface area contributed by atoms with Gasteiger partial charge in [-0.25, -0.2) is 0 Å². The minimum absolute atomic E-state index is 0.00629. The highest BCUT2D eigenvalue weighted by Gasteiger charge is 2.48. The Labute approximate surface area is 778 Å². The molecule has 46 nitrogen and oxygen atoms in total. The Morgan fingerprint density at radius 1 is 0.361 bits per heavy atom. The maximum atomic E-state index is 14.7. The standard InChI is InChI=1S/C87H152N22O24/c1-27-46(9)62(71(124)95-52(32-35-58(89)114)66(119)94-51(31-34-57(88)113)65(118)93-50(41-110)38-43(3)4)101-77(130)83(17,18)106-73(126)61(45(7)8)99-70(123)56-30-29-37-109(56)80(133)87(25,26)105-69(122)54(39-44(5)6)97-67(120)55(42-111)98-75(128)84(19,20)107-79(132)86(23,24)108-78(131)85(21,22)104-68(121)53(33-36-59(90)115)96-72(125)63(47(10)28-2)100-76(129)82(15,16)103-64(117)48(11)92-60(116)40-91-74(127)81(13,14)102-49(12)112/h43-48,50-56,61-63,110-111H,27-42H2,1-26H3,(H2,88,113)(H2,89,114)(H2,90,115)(H,91,127)(H,92,116)(H,93,118)(H,94,119)(H,95,124)(H,96,125)(H,97,120)(H,98,128)(H,99,123)(H,100,129)(H,101,130)(H,102,112)(H,103,117)(H,104,121)(H,105,122)(H,106,126)(H,107,132)(H,108,131). The van der Waals surface area contributed by atoms with Crippen LogP contribution in [-0.4, -0.2) is 277 Å². The van der Waals surface area contributed by atoms with Gasteiger partial charge in [-0.3, -0.25) is 105 Å². The summed E-state index contributed by atoms with van der Waals surface area (Å²) in [6, 6.07) is -15.2. The molecule has 46 heteroatoms. The van der Waals surface area contributed by atoms with Crippen molar-refractivity contribution >= 4 is 130 Å². The molecule has 0 bridgehead atoms. The SMILES string of the molecule is CCC(C)C(NC(=O)C(C)(C)NC(=O)C(C)NC(=O)CNC(=O)C(C)(C)NC(C)=O)C(=O)NC(CCC(N)=O)C(=O)NC(C)(C)C(=O)NC(C)(C)C(=O)NC(C)(C)C(=O)NC(CO)C(=O)NC(CC(C)C)C(=O)NC(C)(C)C(=O)N1CCCC1C(=O)NC(C(=O)NC(C)(C)C(=O)NC(C(=O)NC(CCC(N)=O)C(=O)NC(CCC(N)=O)C(=O)NC(CO)CC(C)C)C(C)CC)C(C)C. The molecular formula is C87H152N22O24. The summed E-state index contributed by atoms with van der Waals surface area (Å²) in [5.74, 6) is -21.5. The molecule has 0 aromatic rings. The van der Waals surface area contributed by atoms with E-state index in [0.29, 0.717) is 6.42 Å². The van der Waals surface area contributed by atoms with Gasteiger partial charge in [0.25, 0.3) is 0 Å². The molecule has 0 aromatic carbocycles. The van der Waals surface area contributed by atoms with Gasteiger partial charge in [-0.1, -0.05) is 82.1 Å². The molecule has 1 fully saturated rings. The summed E-state index contributed by atoms with van der Waals surface area (Å²) in [7, 11) is 0. The van der Waals surface area contributed by atoms with Crippen molar-refractivity contribution in [1.29, 1.82) is 0 Å². The molecule has 1 aliphatic heterocycles. The van der Waals surface area contributed by atoms with E-state index in [1.54, 1.807) is 55.4 Å². The third kappa shape index (κ3) is 39.2. The summed E-state index contributed by atoms with van der Waals surface area (Å²) in [5.41, 5.74) is 3.65. The van der Waals surface area contributed by atoms with E-state index in [1.165, 1.54) is 116 Å². The molecule has 0 radical (unpaired) electrons. The summed E-state index contributed by atoms with van der Waals surface area (Å²) < 4.78 is 0. The first kappa shape index (κ1) is 119. The van der Waals surface area contributed by atoms with Crippen LogP contribution in [0.4, 0.5) is 0 Å². The van der Waals surface area contributed by atoms with E-state index in [4.69, 9.17) is 17.2 Å². The number of hydrogen-bond acceptors (Lipinski definition) is 24. The van der Waals surface area contributed by atoms with Gasteiger partial charge in [0.15, 0.2) is 0 Å². The number of nitrogens with one attached hydrogen (secondary N) is 18. The maximum Gasteiger partial charge on any atom is 0.248 e. The van der Waals surface area contributed by atoms with Crippen LogP contribution in [0, 0.1) is 29.6 Å². The lowest BCUT2D eigenvalue weighted by Gasteiger charge is -2.36. The number of nitrogens with zero attached hydrogens (tertiary/aromatic N) is 1. The first-order valence-corrected chi connectivity index (χ1v) is 44.8. The van der Waals surface area contributed by atoms with Crippen LogP contribution in [-0.2, 0) is 105 Å². The average molecular weight is 1890 g/mol. The minimum Gasteiger partial charge on any atom is -0.394 e. The zero-order valence-electron chi connectivity index (χ0n) is 82.1. The Morgan fingerprint density at radius 2 is 0.722 bits per heavy atom. The van der Waals surface area contributed by atoms with Gasteiger partial charge in [-0.15, -0.1) is 0 Å². The fourth-order valence-electron chi connectivity index (χ4n) is 13.5. The van der Waals surface area contributed by atoms with Gasteiger partial charge in [-0.05, 0) is 178 Å². The topological polar surface area (TPSA) is 714 Å². The zero-order chi connectivity index (χ0) is 103. The Kier molecular flexibility index (Phi) is 46.7. The maximum absolute atomic E-state index is 14.7. The normalized spacial score (nSPS) is 15.9. The Morgan fingerprint density at radius 3 is 1.14 bits per heavy atom. The molecule has 0 aromatic heterocycles. The van der Waals surface area contributed by atoms with Crippen LogP contribution in [0.2, 0.25) is 0 Å². The van der Waals surface area contributed by atoms with E-state index in [0.717, 1.165) is 0 Å². The first-order valence-electron chi connectivity index (χ1n) is 44.8. The Balaban J connectivity index is 3.34. The molecule has 1 saturated heterocycles. The van der Waals surface area contributed by atoms with E-state index < -0.39 is 292 Å². The molecule has 1 rings (SSSR count). The molecule has 0 spiro atoms.